The van der Waals surface area contributed by atoms with Gasteiger partial charge in [0.1, 0.15) is 30.7 Å². The van der Waals surface area contributed by atoms with E-state index in [4.69, 9.17) is 18.9 Å². The Morgan fingerprint density at radius 1 is 1.27 bits per heavy atom. The van der Waals surface area contributed by atoms with E-state index in [0.29, 0.717) is 26.2 Å². The van der Waals surface area contributed by atoms with E-state index in [1.807, 2.05) is 0 Å². The van der Waals surface area contributed by atoms with E-state index in [2.05, 4.69) is 0 Å². The fraction of sp³-hybridized carbons (Fsp3) is 0.900. The van der Waals surface area contributed by atoms with Crippen LogP contribution in [0.25, 0.3) is 0 Å². The molecule has 2 aliphatic rings. The van der Waals surface area contributed by atoms with Gasteiger partial charge in [0.25, 0.3) is 0 Å². The predicted octanol–water partition coefficient (Wildman–Crippen LogP) is -0.227. The van der Waals surface area contributed by atoms with Crippen molar-refractivity contribution in [2.24, 2.45) is 0 Å². The van der Waals surface area contributed by atoms with Gasteiger partial charge in [-0.25, -0.2) is 0 Å². The number of methoxy groups -OCH3 is 1. The molecule has 15 heavy (non-hydrogen) atoms. The van der Waals surface area contributed by atoms with Crippen molar-refractivity contribution in [3.8, 4) is 0 Å². The number of fused-ring (bicyclic) bond motifs is 1. The maximum Gasteiger partial charge on any atom is 0.122 e. The molecule has 5 nitrogen and oxygen atoms in total. The molecule has 4 atom stereocenters. The molecule has 0 amide bonds. The molecule has 0 bridgehead atoms. The number of carbonyl (C=O) groups is 1. The maximum absolute atomic E-state index is 10.1. The third-order valence-electron chi connectivity index (χ3n) is 2.83. The normalized spacial score (nSPS) is 39.3. The van der Waals surface area contributed by atoms with Crippen molar-refractivity contribution < 1.29 is 23.7 Å². The Balaban J connectivity index is 1.82. The van der Waals surface area contributed by atoms with Crippen LogP contribution in [0.5, 0.6) is 0 Å². The fourth-order valence-electron chi connectivity index (χ4n) is 2.04. The second kappa shape index (κ2) is 5.03. The van der Waals surface area contributed by atoms with E-state index in [1.165, 1.54) is 0 Å². The smallest absolute Gasteiger partial charge is 0.122 e. The van der Waals surface area contributed by atoms with E-state index < -0.39 is 0 Å². The van der Waals surface area contributed by atoms with Crippen LogP contribution < -0.4 is 0 Å². The van der Waals surface area contributed by atoms with Crippen molar-refractivity contribution in [3.05, 3.63) is 0 Å². The van der Waals surface area contributed by atoms with E-state index in [0.717, 1.165) is 6.29 Å². The van der Waals surface area contributed by atoms with Crippen LogP contribution >= 0.6 is 0 Å². The number of hydrogen-bond donors (Lipinski definition) is 0. The summed E-state index contributed by atoms with van der Waals surface area (Å²) in [5.74, 6) is 0. The first kappa shape index (κ1) is 11.0. The van der Waals surface area contributed by atoms with Crippen molar-refractivity contribution in [3.63, 3.8) is 0 Å². The lowest BCUT2D eigenvalue weighted by molar-refractivity contribution is -0.110. The zero-order valence-corrected chi connectivity index (χ0v) is 8.76. The minimum absolute atomic E-state index is 0.00895. The molecule has 0 aliphatic carbocycles. The Morgan fingerprint density at radius 3 is 2.60 bits per heavy atom. The van der Waals surface area contributed by atoms with Crippen LogP contribution in [0, 0.1) is 0 Å². The van der Waals surface area contributed by atoms with Crippen LogP contribution in [0.2, 0.25) is 0 Å². The minimum Gasteiger partial charge on any atom is -0.376 e. The van der Waals surface area contributed by atoms with Crippen molar-refractivity contribution in [2.75, 3.05) is 26.9 Å². The highest BCUT2D eigenvalue weighted by Gasteiger charge is 2.48. The first-order valence-corrected chi connectivity index (χ1v) is 5.18. The van der Waals surface area contributed by atoms with Gasteiger partial charge in [-0.3, -0.25) is 0 Å². The van der Waals surface area contributed by atoms with Gasteiger partial charge in [-0.2, -0.15) is 0 Å². The highest BCUT2D eigenvalue weighted by Crippen LogP contribution is 2.30. The SMILES string of the molecule is CO[C@@H]1CO[C@H]2[C@@H]1OC[C@H]2OCCC=O. The van der Waals surface area contributed by atoms with Gasteiger partial charge >= 0.3 is 0 Å². The van der Waals surface area contributed by atoms with Gasteiger partial charge < -0.3 is 23.7 Å². The average Bonchev–Trinajstić information content (AvgIpc) is 2.80. The molecule has 0 unspecified atom stereocenters. The predicted molar refractivity (Wildman–Crippen MR) is 50.7 cm³/mol. The van der Waals surface area contributed by atoms with Crippen LogP contribution in [-0.2, 0) is 23.7 Å². The lowest BCUT2D eigenvalue weighted by atomic mass is 10.1. The van der Waals surface area contributed by atoms with Crippen molar-refractivity contribution in [1.29, 1.82) is 0 Å². The van der Waals surface area contributed by atoms with E-state index in [9.17, 15) is 4.79 Å². The van der Waals surface area contributed by atoms with Gasteiger partial charge in [0.2, 0.25) is 0 Å². The second-order valence-corrected chi connectivity index (χ2v) is 3.73. The molecule has 2 fully saturated rings. The van der Waals surface area contributed by atoms with E-state index in [1.54, 1.807) is 7.11 Å². The topological polar surface area (TPSA) is 54.0 Å². The molecule has 2 rings (SSSR count). The summed E-state index contributed by atoms with van der Waals surface area (Å²) in [4.78, 5) is 10.1. The van der Waals surface area contributed by atoms with Crippen molar-refractivity contribution in [2.45, 2.75) is 30.8 Å². The van der Waals surface area contributed by atoms with Gasteiger partial charge in [0, 0.05) is 13.5 Å². The summed E-state index contributed by atoms with van der Waals surface area (Å²) in [6.45, 7) is 1.51. The Kier molecular flexibility index (Phi) is 3.69. The summed E-state index contributed by atoms with van der Waals surface area (Å²) in [5, 5.41) is 0. The molecular formula is C10H16O5. The van der Waals surface area contributed by atoms with Gasteiger partial charge in [-0.05, 0) is 0 Å². The Bertz CT molecular complexity index is 220. The highest BCUT2D eigenvalue weighted by atomic mass is 16.6. The molecule has 0 aromatic heterocycles. The third-order valence-corrected chi connectivity index (χ3v) is 2.83. The quantitative estimate of drug-likeness (QED) is 0.469. The number of rotatable bonds is 5. The largest absolute Gasteiger partial charge is 0.376 e. The van der Waals surface area contributed by atoms with Crippen molar-refractivity contribution in [1.82, 2.24) is 0 Å². The lowest BCUT2D eigenvalue weighted by Gasteiger charge is -2.16. The molecule has 0 saturated carbocycles. The molecule has 86 valence electrons. The summed E-state index contributed by atoms with van der Waals surface area (Å²) in [5.41, 5.74) is 0. The Hall–Kier alpha value is -0.490. The maximum atomic E-state index is 10.1. The standard InChI is InChI=1S/C10H16O5/c1-12-7-5-14-10-8(6-15-9(7)10)13-4-2-3-11/h3,7-10H,2,4-6H2,1H3/t7-,8-,9-,10-/m1/s1. The Labute approximate surface area is 88.6 Å². The highest BCUT2D eigenvalue weighted by molar-refractivity contribution is 5.49. The molecule has 2 saturated heterocycles. The molecular weight excluding hydrogens is 200 g/mol. The average molecular weight is 216 g/mol. The van der Waals surface area contributed by atoms with Crippen LogP contribution in [0.1, 0.15) is 6.42 Å². The van der Waals surface area contributed by atoms with Crippen LogP contribution in [0.4, 0.5) is 0 Å². The molecule has 0 radical (unpaired) electrons. The molecule has 5 heteroatoms. The van der Waals surface area contributed by atoms with Gasteiger partial charge in [-0.1, -0.05) is 0 Å². The van der Waals surface area contributed by atoms with Gasteiger partial charge in [0.15, 0.2) is 0 Å². The number of ether oxygens (including phenoxy) is 4. The lowest BCUT2D eigenvalue weighted by Crippen LogP contribution is -2.33. The molecule has 0 aromatic carbocycles. The summed E-state index contributed by atoms with van der Waals surface area (Å²) in [6, 6.07) is 0. The zero-order chi connectivity index (χ0) is 10.7. The molecule has 0 N–H and O–H groups in total. The summed E-state index contributed by atoms with van der Waals surface area (Å²) in [7, 11) is 1.65. The molecule has 2 heterocycles. The Morgan fingerprint density at radius 2 is 1.93 bits per heavy atom. The zero-order valence-electron chi connectivity index (χ0n) is 8.76. The summed E-state index contributed by atoms with van der Waals surface area (Å²) in [6.07, 6.45) is 1.16. The monoisotopic (exact) mass is 216 g/mol. The van der Waals surface area contributed by atoms with E-state index >= 15 is 0 Å². The minimum atomic E-state index is -0.0601. The van der Waals surface area contributed by atoms with Crippen LogP contribution in [-0.4, -0.2) is 57.6 Å². The first-order valence-electron chi connectivity index (χ1n) is 5.18. The summed E-state index contributed by atoms with van der Waals surface area (Å²) < 4.78 is 21.9. The first-order chi connectivity index (χ1) is 7.36. The molecule has 2 aliphatic heterocycles. The number of aldehydes is 1. The fourth-order valence-corrected chi connectivity index (χ4v) is 2.04. The number of carbonyl (C=O) groups excluding carboxylic acids is 1. The van der Waals surface area contributed by atoms with Gasteiger partial charge in [-0.15, -0.1) is 0 Å². The molecule has 0 aromatic rings. The van der Waals surface area contributed by atoms with Gasteiger partial charge in [0.05, 0.1) is 19.8 Å². The summed E-state index contributed by atoms with van der Waals surface area (Å²) >= 11 is 0. The second-order valence-electron chi connectivity index (χ2n) is 3.73. The third kappa shape index (κ3) is 2.20. The van der Waals surface area contributed by atoms with Crippen molar-refractivity contribution >= 4 is 6.29 Å². The number of hydrogen-bond acceptors (Lipinski definition) is 5. The molecule has 0 spiro atoms. The van der Waals surface area contributed by atoms with Crippen LogP contribution in [0.15, 0.2) is 0 Å². The van der Waals surface area contributed by atoms with E-state index in [-0.39, 0.29) is 24.4 Å². The van der Waals surface area contributed by atoms with Crippen LogP contribution in [0.3, 0.4) is 0 Å².